The molecule has 2 aromatic rings. The summed E-state index contributed by atoms with van der Waals surface area (Å²) in [5, 5.41) is 10.8. The highest BCUT2D eigenvalue weighted by Gasteiger charge is 2.37. The number of nitrogens with zero attached hydrogens (tertiary/aromatic N) is 3. The van der Waals surface area contributed by atoms with E-state index in [9.17, 15) is 27.2 Å². The number of aliphatic hydroxyl groups is 1. The van der Waals surface area contributed by atoms with E-state index in [-0.39, 0.29) is 37.7 Å². The van der Waals surface area contributed by atoms with Crippen LogP contribution in [-0.2, 0) is 4.79 Å². The molecule has 3 fully saturated rings. The molecule has 3 heterocycles. The van der Waals surface area contributed by atoms with Crippen molar-refractivity contribution in [1.82, 2.24) is 14.7 Å². The first kappa shape index (κ1) is 33.6. The number of carbonyl (C=O) groups is 2. The van der Waals surface area contributed by atoms with E-state index in [1.165, 1.54) is 17.0 Å². The van der Waals surface area contributed by atoms with Crippen LogP contribution in [-0.4, -0.2) is 96.0 Å². The van der Waals surface area contributed by atoms with Gasteiger partial charge in [-0.3, -0.25) is 14.5 Å². The van der Waals surface area contributed by atoms with Gasteiger partial charge in [-0.25, -0.2) is 17.6 Å². The number of anilines is 1. The molecule has 0 radical (unpaired) electrons. The van der Waals surface area contributed by atoms with Crippen molar-refractivity contribution in [3.05, 3.63) is 64.2 Å². The maximum atomic E-state index is 13.3. The van der Waals surface area contributed by atoms with Gasteiger partial charge in [-0.05, 0) is 55.7 Å². The lowest BCUT2D eigenvalue weighted by molar-refractivity contribution is -0.130. The lowest BCUT2D eigenvalue weighted by Gasteiger charge is -2.47. The molecule has 3 aliphatic rings. The lowest BCUT2D eigenvalue weighted by Crippen LogP contribution is -2.60. The number of piperidine rings is 2. The summed E-state index contributed by atoms with van der Waals surface area (Å²) in [5.41, 5.74) is 1.81. The molecule has 0 aromatic heterocycles. The fraction of sp³-hybridized carbons (Fsp3) is 0.533. The quantitative estimate of drug-likeness (QED) is 0.463. The Morgan fingerprint density at radius 1 is 0.929 bits per heavy atom. The second kappa shape index (κ2) is 15.0. The van der Waals surface area contributed by atoms with Gasteiger partial charge in [-0.2, -0.15) is 0 Å². The molecule has 42 heavy (non-hydrogen) atoms. The van der Waals surface area contributed by atoms with E-state index in [4.69, 9.17) is 16.7 Å². The minimum atomic E-state index is -2.69. The van der Waals surface area contributed by atoms with Crippen molar-refractivity contribution >= 4 is 29.1 Å². The Kier molecular flexibility index (Phi) is 12.0. The summed E-state index contributed by atoms with van der Waals surface area (Å²) in [6.45, 7) is 6.89. The van der Waals surface area contributed by atoms with E-state index in [0.29, 0.717) is 28.2 Å². The zero-order valence-corrected chi connectivity index (χ0v) is 24.9. The number of hydrogen-bond donors (Lipinski definition) is 2. The van der Waals surface area contributed by atoms with Crippen LogP contribution in [0, 0.1) is 18.6 Å². The van der Waals surface area contributed by atoms with Gasteiger partial charge in [0, 0.05) is 83.9 Å². The molecule has 0 spiro atoms. The van der Waals surface area contributed by atoms with Gasteiger partial charge >= 0.3 is 0 Å². The molecule has 3 saturated heterocycles. The number of rotatable bonds is 4. The molecule has 3 aliphatic heterocycles. The van der Waals surface area contributed by atoms with E-state index in [0.717, 1.165) is 57.9 Å². The van der Waals surface area contributed by atoms with Crippen LogP contribution in [0.5, 0.6) is 0 Å². The normalized spacial score (nSPS) is 19.1. The minimum Gasteiger partial charge on any atom is -0.400 e. The van der Waals surface area contributed by atoms with Crippen LogP contribution in [0.15, 0.2) is 36.4 Å². The van der Waals surface area contributed by atoms with Gasteiger partial charge in [-0.1, -0.05) is 11.6 Å². The predicted octanol–water partition coefficient (Wildman–Crippen LogP) is 5.20. The Balaban J connectivity index is 0.000000373. The van der Waals surface area contributed by atoms with Crippen molar-refractivity contribution in [1.29, 1.82) is 0 Å². The molecule has 2 amide bonds. The number of aryl methyl sites for hydroxylation is 1. The largest absolute Gasteiger partial charge is 0.400 e. The summed E-state index contributed by atoms with van der Waals surface area (Å²) in [6.07, 6.45) is 1.42. The molecule has 0 atom stereocenters. The average molecular weight is 615 g/mol. The van der Waals surface area contributed by atoms with E-state index < -0.39 is 17.6 Å². The molecular weight excluding hydrogens is 576 g/mol. The predicted molar refractivity (Wildman–Crippen MR) is 155 cm³/mol. The third-order valence-corrected chi connectivity index (χ3v) is 8.01. The lowest BCUT2D eigenvalue weighted by atomic mass is 9.97. The second-order valence-electron chi connectivity index (χ2n) is 10.8. The van der Waals surface area contributed by atoms with Gasteiger partial charge < -0.3 is 20.2 Å². The zero-order valence-electron chi connectivity index (χ0n) is 24.2. The zero-order chi connectivity index (χ0) is 31.0. The summed E-state index contributed by atoms with van der Waals surface area (Å²) in [5.74, 6) is -3.87. The number of benzene rings is 2. The molecule has 2 aromatic carbocycles. The number of hydrogen-bond acceptors (Lipinski definition) is 5. The van der Waals surface area contributed by atoms with Gasteiger partial charge in [0.15, 0.2) is 0 Å². The van der Waals surface area contributed by atoms with E-state index >= 15 is 0 Å². The minimum absolute atomic E-state index is 0.0470. The van der Waals surface area contributed by atoms with Gasteiger partial charge in [0.2, 0.25) is 5.91 Å². The van der Waals surface area contributed by atoms with Crippen LogP contribution in [0.25, 0.3) is 0 Å². The van der Waals surface area contributed by atoms with Gasteiger partial charge in [0.25, 0.3) is 11.8 Å². The van der Waals surface area contributed by atoms with Crippen molar-refractivity contribution < 1.29 is 32.3 Å². The second-order valence-corrected chi connectivity index (χ2v) is 11.2. The van der Waals surface area contributed by atoms with Gasteiger partial charge in [0.05, 0.1) is 16.6 Å². The van der Waals surface area contributed by atoms with Gasteiger partial charge in [0.1, 0.15) is 11.6 Å². The van der Waals surface area contributed by atoms with Crippen LogP contribution in [0.2, 0.25) is 5.02 Å². The molecule has 0 saturated carbocycles. The molecule has 2 N–H and O–H groups in total. The van der Waals surface area contributed by atoms with E-state index in [2.05, 4.69) is 10.2 Å². The number of alkyl halides is 2. The maximum absolute atomic E-state index is 13.3. The monoisotopic (exact) mass is 614 g/mol. The smallest absolute Gasteiger partial charge is 0.255 e. The highest BCUT2D eigenvalue weighted by Crippen LogP contribution is 2.31. The highest BCUT2D eigenvalue weighted by molar-refractivity contribution is 6.34. The van der Waals surface area contributed by atoms with E-state index in [1.54, 1.807) is 26.0 Å². The van der Waals surface area contributed by atoms with Crippen molar-refractivity contribution in [2.24, 2.45) is 0 Å². The van der Waals surface area contributed by atoms with Crippen LogP contribution < -0.4 is 5.32 Å². The third-order valence-electron chi connectivity index (χ3n) is 7.70. The first-order chi connectivity index (χ1) is 19.9. The SMILES string of the molecule is CC(=O)N1CCC(N2CC(Nc3ccc(C(=O)N4CCC(F)(F)CC4)c(Cl)c3)C2)CC1.CO.Cc1cc(F)cc(F)c1. The van der Waals surface area contributed by atoms with Crippen molar-refractivity contribution in [3.63, 3.8) is 0 Å². The summed E-state index contributed by atoms with van der Waals surface area (Å²) >= 11 is 6.36. The highest BCUT2D eigenvalue weighted by atomic mass is 35.5. The summed E-state index contributed by atoms with van der Waals surface area (Å²) in [7, 11) is 1.00. The molecule has 232 valence electrons. The fourth-order valence-electron chi connectivity index (χ4n) is 5.36. The Hall–Kier alpha value is -2.89. The number of aliphatic hydroxyl groups excluding tert-OH is 1. The average Bonchev–Trinajstić information content (AvgIpc) is 2.91. The first-order valence-electron chi connectivity index (χ1n) is 14.0. The Morgan fingerprint density at radius 2 is 1.50 bits per heavy atom. The van der Waals surface area contributed by atoms with Crippen molar-refractivity contribution in [3.8, 4) is 0 Å². The van der Waals surface area contributed by atoms with E-state index in [1.807, 2.05) is 11.0 Å². The number of amides is 2. The van der Waals surface area contributed by atoms with Crippen LogP contribution in [0.1, 0.15) is 48.5 Å². The number of carbonyl (C=O) groups excluding carboxylic acids is 2. The number of likely N-dealkylation sites (tertiary alicyclic amines) is 3. The molecular formula is C30H39ClF4N4O3. The Labute approximate surface area is 249 Å². The molecule has 12 heteroatoms. The summed E-state index contributed by atoms with van der Waals surface area (Å²) in [6, 6.07) is 9.49. The van der Waals surface area contributed by atoms with Crippen LogP contribution >= 0.6 is 11.6 Å². The Bertz CT molecular complexity index is 1160. The number of nitrogens with one attached hydrogen (secondary N) is 1. The topological polar surface area (TPSA) is 76.1 Å². The standard InChI is InChI=1S/C22H29ClF2N4O2.C7H6F2.CH4O/c1-15(30)27-8-4-18(5-9-27)29-13-17(14-29)26-16-2-3-19(20(23)12-16)21(31)28-10-6-22(24,25)7-11-28;1-5-2-6(8)4-7(9)3-5;1-2/h2-3,12,17-18,26H,4-11,13-14H2,1H3;2-4H,1H3;2H,1H3. The summed E-state index contributed by atoms with van der Waals surface area (Å²) < 4.78 is 51.1. The maximum Gasteiger partial charge on any atom is 0.255 e. The molecule has 0 aliphatic carbocycles. The van der Waals surface area contributed by atoms with Crippen molar-refractivity contribution in [2.75, 3.05) is 51.7 Å². The first-order valence-corrected chi connectivity index (χ1v) is 14.4. The third kappa shape index (κ3) is 9.31. The fourth-order valence-corrected chi connectivity index (χ4v) is 5.62. The van der Waals surface area contributed by atoms with Crippen LogP contribution in [0.3, 0.4) is 0 Å². The molecule has 5 rings (SSSR count). The number of halogens is 5. The molecule has 7 nitrogen and oxygen atoms in total. The Morgan fingerprint density at radius 3 is 2.00 bits per heavy atom. The van der Waals surface area contributed by atoms with Gasteiger partial charge in [-0.15, -0.1) is 0 Å². The van der Waals surface area contributed by atoms with Crippen LogP contribution in [0.4, 0.5) is 23.2 Å². The summed E-state index contributed by atoms with van der Waals surface area (Å²) in [4.78, 5) is 29.9. The molecule has 0 bridgehead atoms. The molecule has 0 unspecified atom stereocenters. The van der Waals surface area contributed by atoms with Crippen molar-refractivity contribution in [2.45, 2.75) is 57.5 Å².